The molecule has 0 amide bonds. The number of rotatable bonds is 4. The van der Waals surface area contributed by atoms with Gasteiger partial charge in [0.1, 0.15) is 0 Å². The molecule has 0 aliphatic carbocycles. The highest BCUT2D eigenvalue weighted by Crippen LogP contribution is 2.25. The van der Waals surface area contributed by atoms with E-state index in [0.29, 0.717) is 0 Å². The molecule has 0 aliphatic heterocycles. The van der Waals surface area contributed by atoms with Crippen LogP contribution in [-0.2, 0) is 0 Å². The SMILES string of the molecule is CCC=C[Si](I)(I)C=CCC. The van der Waals surface area contributed by atoms with E-state index in [1.807, 2.05) is 0 Å². The summed E-state index contributed by atoms with van der Waals surface area (Å²) in [7, 11) is 0. The molecule has 0 rings (SSSR count). The van der Waals surface area contributed by atoms with Crippen molar-refractivity contribution in [1.82, 2.24) is 0 Å². The van der Waals surface area contributed by atoms with Gasteiger partial charge in [-0.1, -0.05) is 81.0 Å². The van der Waals surface area contributed by atoms with Crippen LogP contribution >= 0.6 is 43.6 Å². The summed E-state index contributed by atoms with van der Waals surface area (Å²) < 4.78 is -1.17. The molecule has 0 saturated heterocycles. The Hall–Kier alpha value is 1.16. The maximum atomic E-state index is 2.57. The molecular weight excluding hydrogens is 378 g/mol. The van der Waals surface area contributed by atoms with Crippen molar-refractivity contribution in [3.63, 3.8) is 0 Å². The lowest BCUT2D eigenvalue weighted by atomic mass is 10.5. The van der Waals surface area contributed by atoms with Gasteiger partial charge in [-0.2, -0.15) is 0 Å². The van der Waals surface area contributed by atoms with Gasteiger partial charge in [-0.15, -0.1) is 0 Å². The quantitative estimate of drug-likeness (QED) is 0.380. The Morgan fingerprint density at radius 1 is 1.00 bits per heavy atom. The lowest BCUT2D eigenvalue weighted by molar-refractivity contribution is 1.23. The van der Waals surface area contributed by atoms with Gasteiger partial charge in [0.2, 0.25) is 3.07 Å². The van der Waals surface area contributed by atoms with E-state index < -0.39 is 3.07 Å². The van der Waals surface area contributed by atoms with Crippen LogP contribution in [0.4, 0.5) is 0 Å². The molecule has 0 fully saturated rings. The number of halogens is 2. The Morgan fingerprint density at radius 3 is 1.64 bits per heavy atom. The fourth-order valence-corrected chi connectivity index (χ4v) is 4.87. The molecule has 0 radical (unpaired) electrons. The van der Waals surface area contributed by atoms with Crippen LogP contribution in [0.1, 0.15) is 26.7 Å². The second-order valence-electron chi connectivity index (χ2n) is 2.30. The van der Waals surface area contributed by atoms with E-state index in [1.54, 1.807) is 0 Å². The van der Waals surface area contributed by atoms with Gasteiger partial charge >= 0.3 is 0 Å². The van der Waals surface area contributed by atoms with Crippen molar-refractivity contribution >= 4 is 46.7 Å². The van der Waals surface area contributed by atoms with Crippen molar-refractivity contribution in [2.75, 3.05) is 0 Å². The molecule has 0 atom stereocenters. The van der Waals surface area contributed by atoms with E-state index in [1.165, 1.54) is 0 Å². The zero-order valence-electron chi connectivity index (χ0n) is 6.98. The van der Waals surface area contributed by atoms with Gasteiger partial charge in [-0.05, 0) is 12.8 Å². The van der Waals surface area contributed by atoms with Crippen LogP contribution in [0, 0.1) is 0 Å². The maximum Gasteiger partial charge on any atom is 0.236 e. The van der Waals surface area contributed by atoms with Gasteiger partial charge in [0.25, 0.3) is 0 Å². The van der Waals surface area contributed by atoms with E-state index in [2.05, 4.69) is 81.0 Å². The molecule has 64 valence electrons. The summed E-state index contributed by atoms with van der Waals surface area (Å²) >= 11 is 5.15. The zero-order chi connectivity index (χ0) is 8.74. The minimum absolute atomic E-state index is 1.15. The summed E-state index contributed by atoms with van der Waals surface area (Å²) in [6.45, 7) is 4.36. The standard InChI is InChI=1S/C8H14I2Si/c1-3-5-7-11(9,10)8-6-4-2/h5-8H,3-4H2,1-2H3. The fraction of sp³-hybridized carbons (Fsp3) is 0.500. The molecule has 0 aromatic carbocycles. The molecule has 0 aromatic rings. The second-order valence-corrected chi connectivity index (χ2v) is 21.2. The van der Waals surface area contributed by atoms with Crippen molar-refractivity contribution in [2.45, 2.75) is 26.7 Å². The minimum Gasteiger partial charge on any atom is -0.0936 e. The minimum atomic E-state index is -1.17. The lowest BCUT2D eigenvalue weighted by Gasteiger charge is -2.05. The van der Waals surface area contributed by atoms with E-state index in [9.17, 15) is 0 Å². The Labute approximate surface area is 96.0 Å². The van der Waals surface area contributed by atoms with E-state index in [-0.39, 0.29) is 0 Å². The molecule has 0 aromatic heterocycles. The molecule has 0 aliphatic rings. The first-order chi connectivity index (χ1) is 5.12. The molecule has 0 heterocycles. The van der Waals surface area contributed by atoms with Crippen LogP contribution in [0.2, 0.25) is 0 Å². The van der Waals surface area contributed by atoms with Crippen molar-refractivity contribution in [2.24, 2.45) is 0 Å². The molecule has 0 spiro atoms. The average molecular weight is 392 g/mol. The van der Waals surface area contributed by atoms with Crippen molar-refractivity contribution in [1.29, 1.82) is 0 Å². The van der Waals surface area contributed by atoms with Gasteiger partial charge in [-0.25, -0.2) is 0 Å². The number of allylic oxidation sites excluding steroid dienone is 2. The van der Waals surface area contributed by atoms with Gasteiger partial charge in [0.05, 0.1) is 0 Å². The van der Waals surface area contributed by atoms with Crippen molar-refractivity contribution < 1.29 is 0 Å². The molecule has 0 saturated carbocycles. The van der Waals surface area contributed by atoms with Crippen LogP contribution in [0.25, 0.3) is 0 Å². The topological polar surface area (TPSA) is 0 Å². The highest BCUT2D eigenvalue weighted by Gasteiger charge is 2.16. The largest absolute Gasteiger partial charge is 0.236 e. The Morgan fingerprint density at radius 2 is 1.36 bits per heavy atom. The molecule has 0 unspecified atom stereocenters. The first-order valence-corrected chi connectivity index (χ1v) is 12.2. The molecule has 0 bridgehead atoms. The number of hydrogen-bond acceptors (Lipinski definition) is 0. The van der Waals surface area contributed by atoms with E-state index >= 15 is 0 Å². The van der Waals surface area contributed by atoms with Gasteiger partial charge in [0.15, 0.2) is 0 Å². The summed E-state index contributed by atoms with van der Waals surface area (Å²) in [5, 5.41) is 0. The molecule has 11 heavy (non-hydrogen) atoms. The molecule has 0 N–H and O–H groups in total. The summed E-state index contributed by atoms with van der Waals surface area (Å²) in [6.07, 6.45) is 6.84. The first-order valence-electron chi connectivity index (χ1n) is 3.85. The Kier molecular flexibility index (Phi) is 7.35. The summed E-state index contributed by atoms with van der Waals surface area (Å²) in [4.78, 5) is 0. The van der Waals surface area contributed by atoms with Crippen LogP contribution in [0.3, 0.4) is 0 Å². The first kappa shape index (κ1) is 12.2. The van der Waals surface area contributed by atoms with Gasteiger partial charge < -0.3 is 0 Å². The predicted molar refractivity (Wildman–Crippen MR) is 72.7 cm³/mol. The van der Waals surface area contributed by atoms with Crippen LogP contribution < -0.4 is 0 Å². The normalized spacial score (nSPS) is 13.5. The molecular formula is C8H14I2Si. The third-order valence-electron chi connectivity index (χ3n) is 1.15. The predicted octanol–water partition coefficient (Wildman–Crippen LogP) is 4.31. The van der Waals surface area contributed by atoms with Crippen LogP contribution in [-0.4, -0.2) is 3.07 Å². The summed E-state index contributed by atoms with van der Waals surface area (Å²) in [5.41, 5.74) is 4.75. The second kappa shape index (κ2) is 6.65. The Bertz CT molecular complexity index is 134. The van der Waals surface area contributed by atoms with Gasteiger partial charge in [0, 0.05) is 0 Å². The lowest BCUT2D eigenvalue weighted by Crippen LogP contribution is -2.08. The average Bonchev–Trinajstić information content (AvgIpc) is 1.97. The third kappa shape index (κ3) is 7.52. The number of hydrogen-bond donors (Lipinski definition) is 0. The summed E-state index contributed by atoms with van der Waals surface area (Å²) in [6, 6.07) is 0. The monoisotopic (exact) mass is 392 g/mol. The van der Waals surface area contributed by atoms with Crippen LogP contribution in [0.5, 0.6) is 0 Å². The smallest absolute Gasteiger partial charge is 0.0936 e. The Balaban J connectivity index is 3.99. The maximum absolute atomic E-state index is 2.57. The van der Waals surface area contributed by atoms with E-state index in [4.69, 9.17) is 0 Å². The summed E-state index contributed by atoms with van der Waals surface area (Å²) in [5.74, 6) is 0. The zero-order valence-corrected chi connectivity index (χ0v) is 12.3. The fourth-order valence-electron chi connectivity index (χ4n) is 0.606. The van der Waals surface area contributed by atoms with Crippen molar-refractivity contribution in [3.8, 4) is 0 Å². The van der Waals surface area contributed by atoms with Crippen LogP contribution in [0.15, 0.2) is 23.6 Å². The van der Waals surface area contributed by atoms with Gasteiger partial charge in [-0.3, -0.25) is 0 Å². The van der Waals surface area contributed by atoms with E-state index in [0.717, 1.165) is 12.8 Å². The highest BCUT2D eigenvalue weighted by molar-refractivity contribution is 14.3. The molecule has 3 heteroatoms. The third-order valence-corrected chi connectivity index (χ3v) is 6.83. The van der Waals surface area contributed by atoms with Crippen molar-refractivity contribution in [3.05, 3.63) is 23.6 Å². The molecule has 0 nitrogen and oxygen atoms in total. The highest BCUT2D eigenvalue weighted by atomic mass is 127.